The third-order valence-corrected chi connectivity index (χ3v) is 3.58. The molecule has 0 aliphatic carbocycles. The minimum atomic E-state index is -0.272. The van der Waals surface area contributed by atoms with E-state index in [1.165, 1.54) is 5.56 Å². The summed E-state index contributed by atoms with van der Waals surface area (Å²) in [7, 11) is 0. The highest BCUT2D eigenvalue weighted by atomic mass is 35.5. The first-order valence-corrected chi connectivity index (χ1v) is 7.17. The van der Waals surface area contributed by atoms with Crippen LogP contribution in [0.1, 0.15) is 24.2 Å². The highest BCUT2D eigenvalue weighted by Gasteiger charge is 2.19. The first kappa shape index (κ1) is 15.2. The molecule has 0 fully saturated rings. The van der Waals surface area contributed by atoms with Crippen molar-refractivity contribution in [3.8, 4) is 5.75 Å². The Kier molecular flexibility index (Phi) is 4.92. The summed E-state index contributed by atoms with van der Waals surface area (Å²) in [6.07, 6.45) is -0.272. The Morgan fingerprint density at radius 3 is 2.30 bits per heavy atom. The largest absolute Gasteiger partial charge is 0.482 e. The molecule has 2 atom stereocenters. The number of hydrogen-bond donors (Lipinski definition) is 1. The van der Waals surface area contributed by atoms with Crippen LogP contribution in [0.5, 0.6) is 5.75 Å². The van der Waals surface area contributed by atoms with E-state index in [1.54, 1.807) is 18.2 Å². The molecule has 2 rings (SSSR count). The Balaban J connectivity index is 2.30. The molecule has 0 amide bonds. The monoisotopic (exact) mass is 309 g/mol. The van der Waals surface area contributed by atoms with Gasteiger partial charge in [-0.2, -0.15) is 0 Å². The van der Waals surface area contributed by atoms with E-state index >= 15 is 0 Å². The maximum absolute atomic E-state index is 6.13. The average molecular weight is 310 g/mol. The lowest BCUT2D eigenvalue weighted by Crippen LogP contribution is -2.29. The quantitative estimate of drug-likeness (QED) is 0.883. The van der Waals surface area contributed by atoms with Crippen LogP contribution in [0.2, 0.25) is 10.0 Å². The fourth-order valence-electron chi connectivity index (χ4n) is 1.94. The number of nitrogens with two attached hydrogens (primary N) is 1. The van der Waals surface area contributed by atoms with E-state index in [0.29, 0.717) is 15.8 Å². The van der Waals surface area contributed by atoms with Gasteiger partial charge in [0.25, 0.3) is 0 Å². The van der Waals surface area contributed by atoms with Gasteiger partial charge in [-0.25, -0.2) is 0 Å². The predicted octanol–water partition coefficient (Wildman–Crippen LogP) is 4.77. The Bertz CT molecular complexity index is 582. The predicted molar refractivity (Wildman–Crippen MR) is 84.7 cm³/mol. The first-order chi connectivity index (χ1) is 9.47. The molecular formula is C16H17Cl2NO. The fourth-order valence-corrected chi connectivity index (χ4v) is 2.26. The summed E-state index contributed by atoms with van der Waals surface area (Å²) < 4.78 is 5.97. The zero-order valence-corrected chi connectivity index (χ0v) is 12.9. The van der Waals surface area contributed by atoms with Crippen molar-refractivity contribution in [2.45, 2.75) is 26.0 Å². The van der Waals surface area contributed by atoms with E-state index in [0.717, 1.165) is 5.56 Å². The van der Waals surface area contributed by atoms with Crippen LogP contribution in [0.3, 0.4) is 0 Å². The van der Waals surface area contributed by atoms with E-state index in [-0.39, 0.29) is 12.1 Å². The van der Waals surface area contributed by atoms with Gasteiger partial charge in [0.2, 0.25) is 0 Å². The molecule has 0 aliphatic heterocycles. The van der Waals surface area contributed by atoms with E-state index in [4.69, 9.17) is 33.7 Å². The number of ether oxygens (including phenoxy) is 1. The molecule has 106 valence electrons. The summed E-state index contributed by atoms with van der Waals surface area (Å²) in [5.41, 5.74) is 8.25. The summed E-state index contributed by atoms with van der Waals surface area (Å²) in [5, 5.41) is 1.10. The third-order valence-electron chi connectivity index (χ3n) is 3.03. The van der Waals surface area contributed by atoms with Crippen LogP contribution in [0.25, 0.3) is 0 Å². The van der Waals surface area contributed by atoms with Gasteiger partial charge in [0.1, 0.15) is 11.9 Å². The Morgan fingerprint density at radius 2 is 1.70 bits per heavy atom. The van der Waals surface area contributed by atoms with Crippen molar-refractivity contribution in [2.75, 3.05) is 0 Å². The zero-order valence-electron chi connectivity index (χ0n) is 11.4. The van der Waals surface area contributed by atoms with Gasteiger partial charge in [-0.15, -0.1) is 0 Å². The van der Waals surface area contributed by atoms with Crippen LogP contribution in [0.15, 0.2) is 42.5 Å². The summed E-state index contributed by atoms with van der Waals surface area (Å²) >= 11 is 12.1. The van der Waals surface area contributed by atoms with Crippen LogP contribution < -0.4 is 10.5 Å². The highest BCUT2D eigenvalue weighted by molar-refractivity contribution is 6.34. The third kappa shape index (κ3) is 3.66. The molecule has 0 aliphatic rings. The van der Waals surface area contributed by atoms with Gasteiger partial charge in [-0.3, -0.25) is 0 Å². The maximum Gasteiger partial charge on any atom is 0.140 e. The van der Waals surface area contributed by atoms with Crippen molar-refractivity contribution >= 4 is 23.2 Å². The molecule has 0 saturated heterocycles. The van der Waals surface area contributed by atoms with Crippen molar-refractivity contribution < 1.29 is 4.74 Å². The van der Waals surface area contributed by atoms with Gasteiger partial charge >= 0.3 is 0 Å². The molecule has 2 N–H and O–H groups in total. The van der Waals surface area contributed by atoms with E-state index in [2.05, 4.69) is 0 Å². The van der Waals surface area contributed by atoms with Crippen molar-refractivity contribution in [3.63, 3.8) is 0 Å². The number of rotatable bonds is 4. The van der Waals surface area contributed by atoms with Gasteiger partial charge in [-0.05, 0) is 31.5 Å². The number of halogens is 2. The number of benzene rings is 2. The molecule has 0 saturated carbocycles. The summed E-state index contributed by atoms with van der Waals surface area (Å²) in [6, 6.07) is 13.1. The second-order valence-corrected chi connectivity index (χ2v) is 5.73. The van der Waals surface area contributed by atoms with Gasteiger partial charge in [0, 0.05) is 17.1 Å². The first-order valence-electron chi connectivity index (χ1n) is 6.41. The van der Waals surface area contributed by atoms with E-state index in [1.807, 2.05) is 38.1 Å². The molecule has 2 aromatic rings. The lowest BCUT2D eigenvalue weighted by Gasteiger charge is -2.23. The molecule has 2 nitrogen and oxygen atoms in total. The molecule has 4 heteroatoms. The van der Waals surface area contributed by atoms with Gasteiger partial charge in [0.15, 0.2) is 0 Å². The molecule has 0 bridgehead atoms. The van der Waals surface area contributed by atoms with Crippen LogP contribution >= 0.6 is 23.2 Å². The lowest BCUT2D eigenvalue weighted by atomic mass is 10.0. The van der Waals surface area contributed by atoms with Gasteiger partial charge in [0.05, 0.1) is 5.02 Å². The van der Waals surface area contributed by atoms with Crippen LogP contribution in [0.4, 0.5) is 0 Å². The molecular weight excluding hydrogens is 293 g/mol. The van der Waals surface area contributed by atoms with Crippen molar-refractivity contribution in [3.05, 3.63) is 63.6 Å². The second-order valence-electron chi connectivity index (χ2n) is 4.88. The SMILES string of the molecule is Cc1ccc(C(Oc2cc(Cl)ccc2Cl)C(C)N)cc1. The normalized spacial score (nSPS) is 13.8. The minimum absolute atomic E-state index is 0.173. The molecule has 20 heavy (non-hydrogen) atoms. The molecule has 2 unspecified atom stereocenters. The maximum atomic E-state index is 6.13. The Hall–Kier alpha value is -1.22. The standard InChI is InChI=1S/C16H17Cl2NO/c1-10-3-5-12(6-4-10)16(11(2)19)20-15-9-13(17)7-8-14(15)18/h3-9,11,16H,19H2,1-2H3. The molecule has 0 radical (unpaired) electrons. The summed E-state index contributed by atoms with van der Waals surface area (Å²) in [4.78, 5) is 0. The molecule has 0 spiro atoms. The molecule has 0 aromatic heterocycles. The molecule has 0 heterocycles. The lowest BCUT2D eigenvalue weighted by molar-refractivity contribution is 0.180. The second kappa shape index (κ2) is 6.49. The van der Waals surface area contributed by atoms with Gasteiger partial charge < -0.3 is 10.5 Å². The summed E-state index contributed by atoms with van der Waals surface area (Å²) in [5.74, 6) is 0.544. The minimum Gasteiger partial charge on any atom is -0.482 e. The topological polar surface area (TPSA) is 35.2 Å². The Labute approximate surface area is 129 Å². The smallest absolute Gasteiger partial charge is 0.140 e. The van der Waals surface area contributed by atoms with Crippen molar-refractivity contribution in [1.29, 1.82) is 0 Å². The number of aryl methyl sites for hydroxylation is 1. The van der Waals surface area contributed by atoms with Crippen LogP contribution in [-0.4, -0.2) is 6.04 Å². The zero-order chi connectivity index (χ0) is 14.7. The van der Waals surface area contributed by atoms with Crippen molar-refractivity contribution in [1.82, 2.24) is 0 Å². The highest BCUT2D eigenvalue weighted by Crippen LogP contribution is 2.32. The average Bonchev–Trinajstić information content (AvgIpc) is 2.40. The number of hydrogen-bond acceptors (Lipinski definition) is 2. The van der Waals surface area contributed by atoms with Crippen molar-refractivity contribution in [2.24, 2.45) is 5.73 Å². The van der Waals surface area contributed by atoms with E-state index < -0.39 is 0 Å². The van der Waals surface area contributed by atoms with E-state index in [9.17, 15) is 0 Å². The van der Waals surface area contributed by atoms with Crippen LogP contribution in [-0.2, 0) is 0 Å². The fraction of sp³-hybridized carbons (Fsp3) is 0.250. The molecule has 2 aromatic carbocycles. The Morgan fingerprint density at radius 1 is 1.05 bits per heavy atom. The van der Waals surface area contributed by atoms with Gasteiger partial charge in [-0.1, -0.05) is 53.0 Å². The van der Waals surface area contributed by atoms with Crippen LogP contribution in [0, 0.1) is 6.92 Å². The summed E-state index contributed by atoms with van der Waals surface area (Å²) in [6.45, 7) is 3.95.